The summed E-state index contributed by atoms with van der Waals surface area (Å²) >= 11 is 0. The SMILES string of the molecule is CC(CC(O)c1ccco1)NC(=O)CCC1CCC(C)O1. The van der Waals surface area contributed by atoms with Crippen LogP contribution in [0.25, 0.3) is 0 Å². The van der Waals surface area contributed by atoms with Crippen molar-refractivity contribution in [1.29, 1.82) is 0 Å². The summed E-state index contributed by atoms with van der Waals surface area (Å²) in [4.78, 5) is 11.9. The first kappa shape index (κ1) is 16.0. The van der Waals surface area contributed by atoms with E-state index < -0.39 is 6.10 Å². The third-order valence-electron chi connectivity index (χ3n) is 3.87. The molecule has 0 saturated carbocycles. The van der Waals surface area contributed by atoms with Crippen molar-refractivity contribution < 1.29 is 19.1 Å². The molecule has 1 aliphatic rings. The molecule has 0 bridgehead atoms. The lowest BCUT2D eigenvalue weighted by Gasteiger charge is -2.17. The highest BCUT2D eigenvalue weighted by Gasteiger charge is 2.23. The van der Waals surface area contributed by atoms with Gasteiger partial charge in [-0.3, -0.25) is 4.79 Å². The molecule has 4 atom stereocenters. The van der Waals surface area contributed by atoms with E-state index in [2.05, 4.69) is 12.2 Å². The fourth-order valence-corrected chi connectivity index (χ4v) is 2.73. The Balaban J connectivity index is 1.65. The van der Waals surface area contributed by atoms with E-state index in [1.54, 1.807) is 12.1 Å². The summed E-state index contributed by atoms with van der Waals surface area (Å²) in [5, 5.41) is 12.9. The Morgan fingerprint density at radius 3 is 2.95 bits per heavy atom. The van der Waals surface area contributed by atoms with Gasteiger partial charge in [0.1, 0.15) is 11.9 Å². The Kier molecular flexibility index (Phi) is 5.82. The Hall–Kier alpha value is -1.33. The van der Waals surface area contributed by atoms with E-state index in [-0.39, 0.29) is 18.1 Å². The van der Waals surface area contributed by atoms with Crippen molar-refractivity contribution in [2.45, 2.75) is 70.3 Å². The molecule has 1 aromatic heterocycles. The summed E-state index contributed by atoms with van der Waals surface area (Å²) in [6, 6.07) is 3.38. The van der Waals surface area contributed by atoms with Gasteiger partial charge in [-0.25, -0.2) is 0 Å². The highest BCUT2D eigenvalue weighted by atomic mass is 16.5. The molecule has 2 N–H and O–H groups in total. The van der Waals surface area contributed by atoms with E-state index in [0.29, 0.717) is 24.7 Å². The number of aliphatic hydroxyl groups excluding tert-OH is 1. The molecule has 1 aromatic rings. The summed E-state index contributed by atoms with van der Waals surface area (Å²) in [6.45, 7) is 3.95. The van der Waals surface area contributed by atoms with Crippen LogP contribution in [-0.2, 0) is 9.53 Å². The zero-order chi connectivity index (χ0) is 15.2. The number of aliphatic hydroxyl groups is 1. The van der Waals surface area contributed by atoms with Gasteiger partial charge in [0.25, 0.3) is 0 Å². The summed E-state index contributed by atoms with van der Waals surface area (Å²) in [6.07, 6.45) is 5.19. The quantitative estimate of drug-likeness (QED) is 0.811. The molecular formula is C16H25NO4. The maximum absolute atomic E-state index is 11.9. The normalized spacial score (nSPS) is 24.7. The smallest absolute Gasteiger partial charge is 0.220 e. The third kappa shape index (κ3) is 5.17. The van der Waals surface area contributed by atoms with Crippen molar-refractivity contribution >= 4 is 5.91 Å². The molecule has 0 spiro atoms. The van der Waals surface area contributed by atoms with Crippen molar-refractivity contribution in [3.63, 3.8) is 0 Å². The Labute approximate surface area is 125 Å². The number of hydrogen-bond donors (Lipinski definition) is 2. The van der Waals surface area contributed by atoms with E-state index in [1.807, 2.05) is 6.92 Å². The number of carbonyl (C=O) groups excluding carboxylic acids is 1. The minimum absolute atomic E-state index is 0.0114. The molecule has 5 heteroatoms. The maximum atomic E-state index is 11.9. The summed E-state index contributed by atoms with van der Waals surface area (Å²) < 4.78 is 10.8. The van der Waals surface area contributed by atoms with Gasteiger partial charge in [-0.15, -0.1) is 0 Å². The molecular weight excluding hydrogens is 270 g/mol. The van der Waals surface area contributed by atoms with Crippen LogP contribution < -0.4 is 5.32 Å². The van der Waals surface area contributed by atoms with Crippen molar-refractivity contribution in [3.05, 3.63) is 24.2 Å². The van der Waals surface area contributed by atoms with Gasteiger partial charge >= 0.3 is 0 Å². The van der Waals surface area contributed by atoms with Gasteiger partial charge in [-0.2, -0.15) is 0 Å². The van der Waals surface area contributed by atoms with Gasteiger partial charge in [-0.1, -0.05) is 0 Å². The summed E-state index contributed by atoms with van der Waals surface area (Å²) in [5.74, 6) is 0.543. The lowest BCUT2D eigenvalue weighted by atomic mass is 10.1. The molecule has 1 aliphatic heterocycles. The van der Waals surface area contributed by atoms with Crippen LogP contribution in [0.1, 0.15) is 57.8 Å². The van der Waals surface area contributed by atoms with Crippen molar-refractivity contribution in [2.75, 3.05) is 0 Å². The molecule has 0 radical (unpaired) electrons. The van der Waals surface area contributed by atoms with Gasteiger partial charge in [0, 0.05) is 18.9 Å². The predicted octanol–water partition coefficient (Wildman–Crippen LogP) is 2.56. The highest BCUT2D eigenvalue weighted by molar-refractivity contribution is 5.76. The van der Waals surface area contributed by atoms with Gasteiger partial charge < -0.3 is 19.6 Å². The van der Waals surface area contributed by atoms with E-state index in [0.717, 1.165) is 19.3 Å². The topological polar surface area (TPSA) is 71.7 Å². The number of hydrogen-bond acceptors (Lipinski definition) is 4. The molecule has 4 unspecified atom stereocenters. The first-order valence-corrected chi connectivity index (χ1v) is 7.71. The van der Waals surface area contributed by atoms with Crippen LogP contribution in [0, 0.1) is 0 Å². The Morgan fingerprint density at radius 2 is 2.33 bits per heavy atom. The standard InChI is InChI=1S/C16H25NO4/c1-11(10-14(18)15-4-3-9-20-15)17-16(19)8-7-13-6-5-12(2)21-13/h3-4,9,11-14,18H,5-8,10H2,1-2H3,(H,17,19). The molecule has 2 heterocycles. The molecule has 1 saturated heterocycles. The lowest BCUT2D eigenvalue weighted by molar-refractivity contribution is -0.122. The van der Waals surface area contributed by atoms with Gasteiger partial charge in [0.2, 0.25) is 5.91 Å². The fourth-order valence-electron chi connectivity index (χ4n) is 2.73. The van der Waals surface area contributed by atoms with Crippen LogP contribution >= 0.6 is 0 Å². The van der Waals surface area contributed by atoms with E-state index in [1.165, 1.54) is 6.26 Å². The van der Waals surface area contributed by atoms with E-state index in [9.17, 15) is 9.90 Å². The number of carbonyl (C=O) groups is 1. The van der Waals surface area contributed by atoms with Crippen LogP contribution in [-0.4, -0.2) is 29.3 Å². The van der Waals surface area contributed by atoms with Gasteiger partial charge in [0.15, 0.2) is 0 Å². The minimum Gasteiger partial charge on any atom is -0.467 e. The van der Waals surface area contributed by atoms with E-state index >= 15 is 0 Å². The van der Waals surface area contributed by atoms with Crippen molar-refractivity contribution in [2.24, 2.45) is 0 Å². The number of amides is 1. The fraction of sp³-hybridized carbons (Fsp3) is 0.688. The van der Waals surface area contributed by atoms with Crippen LogP contribution in [0.3, 0.4) is 0 Å². The van der Waals surface area contributed by atoms with Crippen LogP contribution in [0.15, 0.2) is 22.8 Å². The number of rotatable bonds is 7. The van der Waals surface area contributed by atoms with Crippen molar-refractivity contribution in [3.8, 4) is 0 Å². The zero-order valence-electron chi connectivity index (χ0n) is 12.7. The average molecular weight is 295 g/mol. The average Bonchev–Trinajstić information content (AvgIpc) is 3.07. The van der Waals surface area contributed by atoms with E-state index in [4.69, 9.17) is 9.15 Å². The van der Waals surface area contributed by atoms with Gasteiger partial charge in [0.05, 0.1) is 18.5 Å². The minimum atomic E-state index is -0.686. The number of furan rings is 1. The Bertz CT molecular complexity index is 431. The zero-order valence-corrected chi connectivity index (χ0v) is 12.7. The molecule has 2 rings (SSSR count). The second-order valence-corrected chi connectivity index (χ2v) is 5.92. The monoisotopic (exact) mass is 295 g/mol. The predicted molar refractivity (Wildman–Crippen MR) is 78.7 cm³/mol. The Morgan fingerprint density at radius 1 is 1.52 bits per heavy atom. The molecule has 21 heavy (non-hydrogen) atoms. The lowest BCUT2D eigenvalue weighted by Crippen LogP contribution is -2.34. The van der Waals surface area contributed by atoms with Crippen LogP contribution in [0.2, 0.25) is 0 Å². The molecule has 1 amide bonds. The maximum Gasteiger partial charge on any atom is 0.220 e. The largest absolute Gasteiger partial charge is 0.467 e. The first-order chi connectivity index (χ1) is 10.0. The molecule has 0 aromatic carbocycles. The number of ether oxygens (including phenoxy) is 1. The second kappa shape index (κ2) is 7.61. The second-order valence-electron chi connectivity index (χ2n) is 5.92. The highest BCUT2D eigenvalue weighted by Crippen LogP contribution is 2.22. The summed E-state index contributed by atoms with van der Waals surface area (Å²) in [7, 11) is 0. The molecule has 1 fully saturated rings. The van der Waals surface area contributed by atoms with Crippen LogP contribution in [0.5, 0.6) is 0 Å². The summed E-state index contributed by atoms with van der Waals surface area (Å²) in [5.41, 5.74) is 0. The first-order valence-electron chi connectivity index (χ1n) is 7.71. The van der Waals surface area contributed by atoms with Gasteiger partial charge in [-0.05, 0) is 45.2 Å². The van der Waals surface area contributed by atoms with Crippen LogP contribution in [0.4, 0.5) is 0 Å². The molecule has 118 valence electrons. The molecule has 5 nitrogen and oxygen atoms in total. The van der Waals surface area contributed by atoms with Crippen molar-refractivity contribution in [1.82, 2.24) is 5.32 Å². The molecule has 0 aliphatic carbocycles. The number of nitrogens with one attached hydrogen (secondary N) is 1. The third-order valence-corrected chi connectivity index (χ3v) is 3.87.